The van der Waals surface area contributed by atoms with Crippen molar-refractivity contribution in [2.24, 2.45) is 0 Å². The highest BCUT2D eigenvalue weighted by Crippen LogP contribution is 2.30. The third kappa shape index (κ3) is 3.77. The average molecular weight is 297 g/mol. The molecule has 20 heavy (non-hydrogen) atoms. The summed E-state index contributed by atoms with van der Waals surface area (Å²) < 4.78 is 1.91. The van der Waals surface area contributed by atoms with E-state index in [0.717, 1.165) is 17.5 Å². The van der Waals surface area contributed by atoms with E-state index in [0.29, 0.717) is 12.6 Å². The molecule has 0 radical (unpaired) electrons. The molecule has 1 fully saturated rings. The summed E-state index contributed by atoms with van der Waals surface area (Å²) in [4.78, 5) is 0. The van der Waals surface area contributed by atoms with Crippen LogP contribution in [0.4, 0.5) is 0 Å². The van der Waals surface area contributed by atoms with Crippen LogP contribution in [0.1, 0.15) is 43.1 Å². The Morgan fingerprint density at radius 2 is 2.20 bits per heavy atom. The molecule has 0 aliphatic heterocycles. The van der Waals surface area contributed by atoms with Crippen molar-refractivity contribution >= 4 is 11.8 Å². The van der Waals surface area contributed by atoms with Crippen LogP contribution in [0.5, 0.6) is 0 Å². The van der Waals surface area contributed by atoms with Crippen LogP contribution >= 0.6 is 11.8 Å². The van der Waals surface area contributed by atoms with Gasteiger partial charge in [0.2, 0.25) is 0 Å². The van der Waals surface area contributed by atoms with Crippen LogP contribution in [0.2, 0.25) is 0 Å². The van der Waals surface area contributed by atoms with E-state index in [1.54, 1.807) is 0 Å². The Kier molecular flexibility index (Phi) is 5.93. The van der Waals surface area contributed by atoms with Gasteiger partial charge in [0.05, 0.1) is 18.8 Å². The zero-order valence-electron chi connectivity index (χ0n) is 12.9. The predicted molar refractivity (Wildman–Crippen MR) is 85.2 cm³/mol. The lowest BCUT2D eigenvalue weighted by Crippen LogP contribution is -2.26. The first kappa shape index (κ1) is 15.9. The fraction of sp³-hybridized carbons (Fsp3) is 0.800. The van der Waals surface area contributed by atoms with Gasteiger partial charge in [-0.25, -0.2) is 0 Å². The number of rotatable bonds is 7. The van der Waals surface area contributed by atoms with E-state index >= 15 is 0 Å². The van der Waals surface area contributed by atoms with Crippen molar-refractivity contribution in [3.63, 3.8) is 0 Å². The normalized spacial score (nSPS) is 22.6. The first-order valence-corrected chi connectivity index (χ1v) is 8.69. The van der Waals surface area contributed by atoms with Gasteiger partial charge in [-0.15, -0.1) is 0 Å². The molecule has 1 aromatic heterocycles. The third-order valence-electron chi connectivity index (χ3n) is 4.20. The van der Waals surface area contributed by atoms with Crippen molar-refractivity contribution < 1.29 is 5.11 Å². The topological polar surface area (TPSA) is 50.1 Å². The van der Waals surface area contributed by atoms with Crippen molar-refractivity contribution in [2.45, 2.75) is 64.4 Å². The standard InChI is InChI=1S/C15H27N3OS/c1-4-20-14-6-5-13(9-14)16-10-15-11(2)17-18(7-8-19)12(15)3/h13-14,16,19H,4-10H2,1-3H3. The summed E-state index contributed by atoms with van der Waals surface area (Å²) in [5.41, 5.74) is 3.56. The average Bonchev–Trinajstić information content (AvgIpc) is 2.95. The monoisotopic (exact) mass is 297 g/mol. The van der Waals surface area contributed by atoms with Crippen molar-refractivity contribution in [1.29, 1.82) is 0 Å². The molecule has 0 aromatic carbocycles. The van der Waals surface area contributed by atoms with Crippen LogP contribution in [0.25, 0.3) is 0 Å². The number of nitrogens with one attached hydrogen (secondary N) is 1. The Labute approximate surface area is 126 Å². The molecular formula is C15H27N3OS. The fourth-order valence-corrected chi connectivity index (χ4v) is 4.20. The molecule has 0 saturated heterocycles. The Hall–Kier alpha value is -0.520. The van der Waals surface area contributed by atoms with Gasteiger partial charge < -0.3 is 10.4 Å². The second-order valence-electron chi connectivity index (χ2n) is 5.56. The van der Waals surface area contributed by atoms with E-state index in [4.69, 9.17) is 5.11 Å². The van der Waals surface area contributed by atoms with Crippen LogP contribution in [0.15, 0.2) is 0 Å². The summed E-state index contributed by atoms with van der Waals surface area (Å²) in [7, 11) is 0. The van der Waals surface area contributed by atoms with E-state index in [-0.39, 0.29) is 6.61 Å². The molecule has 0 amide bonds. The summed E-state index contributed by atoms with van der Waals surface area (Å²) in [6.07, 6.45) is 3.93. The first-order valence-electron chi connectivity index (χ1n) is 7.64. The molecule has 4 nitrogen and oxygen atoms in total. The Morgan fingerprint density at radius 3 is 2.90 bits per heavy atom. The number of thioether (sulfide) groups is 1. The van der Waals surface area contributed by atoms with Crippen LogP contribution in [-0.2, 0) is 13.1 Å². The van der Waals surface area contributed by atoms with Gasteiger partial charge >= 0.3 is 0 Å². The number of aliphatic hydroxyl groups excluding tert-OH is 1. The van der Waals surface area contributed by atoms with Gasteiger partial charge in [0.25, 0.3) is 0 Å². The lowest BCUT2D eigenvalue weighted by molar-refractivity contribution is 0.267. The summed E-state index contributed by atoms with van der Waals surface area (Å²) in [6, 6.07) is 0.652. The summed E-state index contributed by atoms with van der Waals surface area (Å²) in [5.74, 6) is 1.23. The summed E-state index contributed by atoms with van der Waals surface area (Å²) in [6.45, 7) is 8.03. The molecule has 2 unspecified atom stereocenters. The van der Waals surface area contributed by atoms with E-state index < -0.39 is 0 Å². The minimum atomic E-state index is 0.146. The van der Waals surface area contributed by atoms with Gasteiger partial charge in [0.1, 0.15) is 0 Å². The second kappa shape index (κ2) is 7.48. The number of hydrogen-bond acceptors (Lipinski definition) is 4. The number of nitrogens with zero attached hydrogens (tertiary/aromatic N) is 2. The van der Waals surface area contributed by atoms with E-state index in [1.165, 1.54) is 36.3 Å². The molecule has 1 aliphatic carbocycles. The van der Waals surface area contributed by atoms with Crippen molar-refractivity contribution in [3.05, 3.63) is 17.0 Å². The van der Waals surface area contributed by atoms with E-state index in [1.807, 2.05) is 4.68 Å². The van der Waals surface area contributed by atoms with Crippen LogP contribution in [0, 0.1) is 13.8 Å². The molecule has 0 spiro atoms. The maximum absolute atomic E-state index is 9.05. The molecule has 1 saturated carbocycles. The maximum atomic E-state index is 9.05. The van der Waals surface area contributed by atoms with Crippen molar-refractivity contribution in [2.75, 3.05) is 12.4 Å². The molecule has 2 rings (SSSR count). The molecule has 2 atom stereocenters. The van der Waals surface area contributed by atoms with Crippen molar-refractivity contribution in [3.8, 4) is 0 Å². The van der Waals surface area contributed by atoms with Gasteiger partial charge in [0.15, 0.2) is 0 Å². The fourth-order valence-electron chi connectivity index (χ4n) is 3.06. The molecule has 114 valence electrons. The van der Waals surface area contributed by atoms with Gasteiger partial charge in [-0.05, 0) is 38.9 Å². The van der Waals surface area contributed by atoms with Gasteiger partial charge in [-0.3, -0.25) is 4.68 Å². The third-order valence-corrected chi connectivity index (χ3v) is 5.43. The van der Waals surface area contributed by atoms with Crippen molar-refractivity contribution in [1.82, 2.24) is 15.1 Å². The summed E-state index contributed by atoms with van der Waals surface area (Å²) >= 11 is 2.10. The molecule has 0 bridgehead atoms. The second-order valence-corrected chi connectivity index (χ2v) is 7.14. The van der Waals surface area contributed by atoms with Crippen LogP contribution < -0.4 is 5.32 Å². The first-order chi connectivity index (χ1) is 9.65. The van der Waals surface area contributed by atoms with E-state index in [9.17, 15) is 0 Å². The number of aryl methyl sites for hydroxylation is 1. The molecule has 5 heteroatoms. The maximum Gasteiger partial charge on any atom is 0.0644 e. The number of aromatic nitrogens is 2. The Morgan fingerprint density at radius 1 is 1.40 bits per heavy atom. The smallest absolute Gasteiger partial charge is 0.0644 e. The predicted octanol–water partition coefficient (Wildman–Crippen LogP) is 2.26. The van der Waals surface area contributed by atoms with Crippen LogP contribution in [0.3, 0.4) is 0 Å². The Bertz CT molecular complexity index is 433. The lowest BCUT2D eigenvalue weighted by Gasteiger charge is -2.13. The van der Waals surface area contributed by atoms with Crippen LogP contribution in [-0.4, -0.2) is 38.5 Å². The molecule has 2 N–H and O–H groups in total. The highest BCUT2D eigenvalue weighted by atomic mass is 32.2. The molecule has 1 aromatic rings. The number of hydrogen-bond donors (Lipinski definition) is 2. The molecule has 1 heterocycles. The highest BCUT2D eigenvalue weighted by Gasteiger charge is 2.24. The minimum absolute atomic E-state index is 0.146. The quantitative estimate of drug-likeness (QED) is 0.810. The largest absolute Gasteiger partial charge is 0.394 e. The zero-order valence-corrected chi connectivity index (χ0v) is 13.7. The van der Waals surface area contributed by atoms with Gasteiger partial charge in [0, 0.05) is 29.1 Å². The molecule has 1 aliphatic rings. The molecular weight excluding hydrogens is 270 g/mol. The van der Waals surface area contributed by atoms with E-state index in [2.05, 4.69) is 42.9 Å². The number of aliphatic hydroxyl groups is 1. The van der Waals surface area contributed by atoms with Gasteiger partial charge in [-0.2, -0.15) is 16.9 Å². The lowest BCUT2D eigenvalue weighted by atomic mass is 10.1. The minimum Gasteiger partial charge on any atom is -0.394 e. The zero-order chi connectivity index (χ0) is 14.5. The SMILES string of the molecule is CCSC1CCC(NCc2c(C)nn(CCO)c2C)C1. The highest BCUT2D eigenvalue weighted by molar-refractivity contribution is 7.99. The summed E-state index contributed by atoms with van der Waals surface area (Å²) in [5, 5.41) is 18.1. The van der Waals surface area contributed by atoms with Gasteiger partial charge in [-0.1, -0.05) is 6.92 Å². The Balaban J connectivity index is 1.88.